The van der Waals surface area contributed by atoms with Crippen LogP contribution in [-0.2, 0) is 19.6 Å². The second kappa shape index (κ2) is 13.8. The molecule has 9 nitrogen and oxygen atoms in total. The normalized spacial score (nSPS) is 11.3. The maximum absolute atomic E-state index is 13.6. The number of hydrazone groups is 1. The van der Waals surface area contributed by atoms with Crippen LogP contribution >= 0.6 is 0 Å². The Morgan fingerprint density at radius 1 is 0.814 bits per heavy atom. The van der Waals surface area contributed by atoms with E-state index in [-0.39, 0.29) is 17.4 Å². The molecule has 0 aliphatic heterocycles. The van der Waals surface area contributed by atoms with E-state index in [9.17, 15) is 18.0 Å². The Balaban J connectivity index is 1.37. The largest absolute Gasteiger partial charge is 0.484 e. The van der Waals surface area contributed by atoms with E-state index in [0.29, 0.717) is 22.7 Å². The minimum absolute atomic E-state index is 0.0882. The van der Waals surface area contributed by atoms with Gasteiger partial charge < -0.3 is 10.1 Å². The molecule has 0 bridgehead atoms. The van der Waals surface area contributed by atoms with Crippen molar-refractivity contribution in [1.82, 2.24) is 5.43 Å². The summed E-state index contributed by atoms with van der Waals surface area (Å²) in [6.07, 6.45) is 1.43. The summed E-state index contributed by atoms with van der Waals surface area (Å²) in [6, 6.07) is 26.1. The van der Waals surface area contributed by atoms with E-state index in [1.54, 1.807) is 48.5 Å². The Kier molecular flexibility index (Phi) is 9.95. The number of sulfonamides is 1. The number of amides is 2. The zero-order chi connectivity index (χ0) is 31.0. The molecule has 0 saturated heterocycles. The number of anilines is 2. The number of rotatable bonds is 11. The molecule has 4 aromatic carbocycles. The highest BCUT2D eigenvalue weighted by Crippen LogP contribution is 2.28. The summed E-state index contributed by atoms with van der Waals surface area (Å²) in [4.78, 5) is 25.2. The minimum atomic E-state index is -4.04. The molecular formula is C33H34N4O5S. The molecule has 0 spiro atoms. The molecule has 0 radical (unpaired) electrons. The van der Waals surface area contributed by atoms with Crippen LogP contribution in [-0.4, -0.2) is 39.6 Å². The van der Waals surface area contributed by atoms with E-state index < -0.39 is 22.5 Å². The van der Waals surface area contributed by atoms with Crippen LogP contribution in [0.3, 0.4) is 0 Å². The highest BCUT2D eigenvalue weighted by atomic mass is 32.2. The van der Waals surface area contributed by atoms with Gasteiger partial charge in [-0.05, 0) is 99.0 Å². The summed E-state index contributed by atoms with van der Waals surface area (Å²) >= 11 is 0. The monoisotopic (exact) mass is 598 g/mol. The van der Waals surface area contributed by atoms with Crippen molar-refractivity contribution < 1.29 is 22.7 Å². The van der Waals surface area contributed by atoms with Crippen molar-refractivity contribution in [3.63, 3.8) is 0 Å². The Morgan fingerprint density at radius 3 is 2.09 bits per heavy atom. The Bertz CT molecular complexity index is 1720. The zero-order valence-electron chi connectivity index (χ0n) is 24.5. The number of nitrogens with zero attached hydrogens (tertiary/aromatic N) is 2. The van der Waals surface area contributed by atoms with Gasteiger partial charge in [-0.2, -0.15) is 5.10 Å². The van der Waals surface area contributed by atoms with Crippen LogP contribution in [0.5, 0.6) is 5.75 Å². The SMILES string of the molecule is Cc1ccc(NC(=O)COc2ccc(/C=N\NC(=O)CN(c3cccc(C)c3C)S(=O)(=O)c3ccc(C)cc3)cc2)cc1. The van der Waals surface area contributed by atoms with Crippen LogP contribution < -0.4 is 19.8 Å². The first kappa shape index (κ1) is 31.0. The second-order valence-corrected chi connectivity index (χ2v) is 12.0. The first-order valence-corrected chi connectivity index (χ1v) is 15.0. The predicted octanol–water partition coefficient (Wildman–Crippen LogP) is 5.28. The highest BCUT2D eigenvalue weighted by Gasteiger charge is 2.28. The molecule has 10 heteroatoms. The molecule has 4 aromatic rings. The van der Waals surface area contributed by atoms with Crippen molar-refractivity contribution in [1.29, 1.82) is 0 Å². The quantitative estimate of drug-likeness (QED) is 0.180. The van der Waals surface area contributed by atoms with E-state index in [1.165, 1.54) is 18.3 Å². The third kappa shape index (κ3) is 8.30. The Morgan fingerprint density at radius 2 is 1.44 bits per heavy atom. The van der Waals surface area contributed by atoms with Gasteiger partial charge in [0.15, 0.2) is 6.61 Å². The van der Waals surface area contributed by atoms with Crippen LogP contribution in [0.4, 0.5) is 11.4 Å². The third-order valence-corrected chi connectivity index (χ3v) is 8.50. The van der Waals surface area contributed by atoms with Gasteiger partial charge in [0.2, 0.25) is 0 Å². The summed E-state index contributed by atoms with van der Waals surface area (Å²) in [6.45, 7) is 6.93. The minimum Gasteiger partial charge on any atom is -0.484 e. The molecule has 0 aliphatic rings. The fraction of sp³-hybridized carbons (Fsp3) is 0.182. The van der Waals surface area contributed by atoms with Crippen molar-refractivity contribution in [2.24, 2.45) is 5.10 Å². The molecule has 222 valence electrons. The highest BCUT2D eigenvalue weighted by molar-refractivity contribution is 7.92. The molecule has 0 aromatic heterocycles. The summed E-state index contributed by atoms with van der Waals surface area (Å²) in [5, 5.41) is 6.77. The number of hydrogen-bond acceptors (Lipinski definition) is 6. The maximum Gasteiger partial charge on any atom is 0.264 e. The van der Waals surface area contributed by atoms with Crippen LogP contribution in [0.15, 0.2) is 101 Å². The third-order valence-electron chi connectivity index (χ3n) is 6.73. The summed E-state index contributed by atoms with van der Waals surface area (Å²) in [5.74, 6) is -0.394. The van der Waals surface area contributed by atoms with E-state index >= 15 is 0 Å². The fourth-order valence-electron chi connectivity index (χ4n) is 4.12. The maximum atomic E-state index is 13.6. The van der Waals surface area contributed by atoms with Gasteiger partial charge in [0, 0.05) is 5.69 Å². The lowest BCUT2D eigenvalue weighted by molar-refractivity contribution is -0.119. The Labute approximate surface area is 252 Å². The van der Waals surface area contributed by atoms with E-state index in [4.69, 9.17) is 4.74 Å². The van der Waals surface area contributed by atoms with E-state index in [1.807, 2.05) is 58.0 Å². The zero-order valence-corrected chi connectivity index (χ0v) is 25.3. The lowest BCUT2D eigenvalue weighted by atomic mass is 10.1. The smallest absolute Gasteiger partial charge is 0.264 e. The second-order valence-electron chi connectivity index (χ2n) is 10.1. The molecule has 43 heavy (non-hydrogen) atoms. The number of aryl methyl sites for hydroxylation is 3. The summed E-state index contributed by atoms with van der Waals surface area (Å²) in [7, 11) is -4.04. The van der Waals surface area contributed by atoms with Crippen LogP contribution in [0.25, 0.3) is 0 Å². The van der Waals surface area contributed by atoms with Crippen molar-refractivity contribution >= 4 is 39.4 Å². The number of carbonyl (C=O) groups excluding carboxylic acids is 2. The van der Waals surface area contributed by atoms with Crippen molar-refractivity contribution in [3.8, 4) is 5.75 Å². The van der Waals surface area contributed by atoms with Gasteiger partial charge in [0.1, 0.15) is 12.3 Å². The lowest BCUT2D eigenvalue weighted by Crippen LogP contribution is -2.40. The van der Waals surface area contributed by atoms with Gasteiger partial charge in [-0.25, -0.2) is 13.8 Å². The van der Waals surface area contributed by atoms with Gasteiger partial charge in [0.05, 0.1) is 16.8 Å². The predicted molar refractivity (Wildman–Crippen MR) is 169 cm³/mol. The van der Waals surface area contributed by atoms with Gasteiger partial charge in [-0.15, -0.1) is 0 Å². The molecule has 2 amide bonds. The van der Waals surface area contributed by atoms with Crippen molar-refractivity contribution in [2.45, 2.75) is 32.6 Å². The number of hydrogen-bond donors (Lipinski definition) is 2. The molecule has 0 fully saturated rings. The van der Waals surface area contributed by atoms with Crippen LogP contribution in [0.2, 0.25) is 0 Å². The topological polar surface area (TPSA) is 117 Å². The van der Waals surface area contributed by atoms with Crippen LogP contribution in [0.1, 0.15) is 27.8 Å². The van der Waals surface area contributed by atoms with Crippen molar-refractivity contribution in [2.75, 3.05) is 22.8 Å². The lowest BCUT2D eigenvalue weighted by Gasteiger charge is -2.26. The van der Waals surface area contributed by atoms with Gasteiger partial charge in [-0.1, -0.05) is 47.5 Å². The van der Waals surface area contributed by atoms with Crippen LogP contribution in [0, 0.1) is 27.7 Å². The first-order chi connectivity index (χ1) is 20.5. The van der Waals surface area contributed by atoms with E-state index in [0.717, 1.165) is 26.6 Å². The average molecular weight is 599 g/mol. The van der Waals surface area contributed by atoms with E-state index in [2.05, 4.69) is 15.8 Å². The molecule has 0 unspecified atom stereocenters. The summed E-state index contributed by atoms with van der Waals surface area (Å²) in [5.41, 5.74) is 7.87. The molecule has 0 heterocycles. The average Bonchev–Trinajstić information content (AvgIpc) is 2.98. The van der Waals surface area contributed by atoms with Gasteiger partial charge in [0.25, 0.3) is 21.8 Å². The fourth-order valence-corrected chi connectivity index (χ4v) is 5.60. The molecule has 0 atom stereocenters. The first-order valence-electron chi connectivity index (χ1n) is 13.6. The number of benzene rings is 4. The number of nitrogens with one attached hydrogen (secondary N) is 2. The molecule has 0 aliphatic carbocycles. The molecule has 4 rings (SSSR count). The standard InChI is InChI=1S/C33H34N4O5S/c1-23-8-14-28(15-9-23)35-33(39)22-42-29-16-12-27(13-17-29)20-34-36-32(38)21-37(31-7-5-6-25(3)26(31)4)43(40,41)30-18-10-24(2)11-19-30/h5-20H,21-22H2,1-4H3,(H,35,39)(H,36,38)/b34-20-. The molecular weight excluding hydrogens is 564 g/mol. The molecule has 2 N–H and O–H groups in total. The van der Waals surface area contributed by atoms with Gasteiger partial charge >= 0.3 is 0 Å². The van der Waals surface area contributed by atoms with Gasteiger partial charge in [-0.3, -0.25) is 13.9 Å². The number of carbonyl (C=O) groups is 2. The Hall–Kier alpha value is -4.96. The summed E-state index contributed by atoms with van der Waals surface area (Å²) < 4.78 is 33.9. The number of ether oxygens (including phenoxy) is 1. The molecule has 0 saturated carbocycles. The van der Waals surface area contributed by atoms with Crippen molar-refractivity contribution in [3.05, 3.63) is 119 Å².